The second-order valence-electron chi connectivity index (χ2n) is 4.65. The summed E-state index contributed by atoms with van der Waals surface area (Å²) in [5.74, 6) is 1.77. The van der Waals surface area contributed by atoms with Gasteiger partial charge in [0.15, 0.2) is 0 Å². The van der Waals surface area contributed by atoms with Crippen LogP contribution in [0.15, 0.2) is 66.7 Å². The summed E-state index contributed by atoms with van der Waals surface area (Å²) >= 11 is 0. The van der Waals surface area contributed by atoms with Crippen molar-refractivity contribution >= 4 is 10.8 Å². The predicted molar refractivity (Wildman–Crippen MR) is 81.3 cm³/mol. The van der Waals surface area contributed by atoms with Crippen LogP contribution in [0.3, 0.4) is 0 Å². The van der Waals surface area contributed by atoms with E-state index in [0.717, 1.165) is 17.1 Å². The van der Waals surface area contributed by atoms with Gasteiger partial charge in [-0.15, -0.1) is 0 Å². The first-order chi connectivity index (χ1) is 9.85. The van der Waals surface area contributed by atoms with Crippen molar-refractivity contribution in [3.63, 3.8) is 0 Å². The number of benzene rings is 3. The van der Waals surface area contributed by atoms with Crippen LogP contribution in [0.25, 0.3) is 10.8 Å². The quantitative estimate of drug-likeness (QED) is 0.694. The Bertz CT molecular complexity index is 705. The zero-order chi connectivity index (χ0) is 13.8. The van der Waals surface area contributed by atoms with Crippen LogP contribution in [0.2, 0.25) is 0 Å². The molecule has 100 valence electrons. The van der Waals surface area contributed by atoms with Gasteiger partial charge in [-0.25, -0.2) is 0 Å². The zero-order valence-electron chi connectivity index (χ0n) is 11.4. The van der Waals surface area contributed by atoms with Gasteiger partial charge in [-0.1, -0.05) is 36.4 Å². The highest BCUT2D eigenvalue weighted by Crippen LogP contribution is 2.22. The van der Waals surface area contributed by atoms with E-state index < -0.39 is 0 Å². The van der Waals surface area contributed by atoms with E-state index in [9.17, 15) is 0 Å². The Hall–Kier alpha value is -2.48. The van der Waals surface area contributed by atoms with E-state index in [4.69, 9.17) is 9.47 Å². The smallest absolute Gasteiger partial charge is 0.119 e. The molecular formula is C18H16O2. The highest BCUT2D eigenvalue weighted by atomic mass is 16.5. The summed E-state index contributed by atoms with van der Waals surface area (Å²) in [7, 11) is 1.68. The molecule has 2 nitrogen and oxygen atoms in total. The maximum absolute atomic E-state index is 5.76. The third-order valence-corrected chi connectivity index (χ3v) is 3.26. The number of rotatable bonds is 4. The minimum Gasteiger partial charge on any atom is -0.497 e. The minimum atomic E-state index is 0.575. The van der Waals surface area contributed by atoms with Gasteiger partial charge in [0.1, 0.15) is 18.1 Å². The fourth-order valence-corrected chi connectivity index (χ4v) is 2.17. The summed E-state index contributed by atoms with van der Waals surface area (Å²) in [6.07, 6.45) is 0. The van der Waals surface area contributed by atoms with Gasteiger partial charge < -0.3 is 9.47 Å². The van der Waals surface area contributed by atoms with Gasteiger partial charge in [0.2, 0.25) is 0 Å². The van der Waals surface area contributed by atoms with Gasteiger partial charge >= 0.3 is 0 Å². The number of fused-ring (bicyclic) bond motifs is 1. The predicted octanol–water partition coefficient (Wildman–Crippen LogP) is 4.43. The third-order valence-electron chi connectivity index (χ3n) is 3.26. The van der Waals surface area contributed by atoms with Crippen molar-refractivity contribution in [1.29, 1.82) is 0 Å². The topological polar surface area (TPSA) is 18.5 Å². The Morgan fingerprint density at radius 2 is 1.50 bits per heavy atom. The Morgan fingerprint density at radius 3 is 2.30 bits per heavy atom. The summed E-state index contributed by atoms with van der Waals surface area (Å²) in [6, 6.07) is 22.3. The number of methoxy groups -OCH3 is 1. The third kappa shape index (κ3) is 2.75. The molecule has 3 aromatic rings. The molecular weight excluding hydrogens is 248 g/mol. The molecule has 3 aromatic carbocycles. The molecule has 20 heavy (non-hydrogen) atoms. The fourth-order valence-electron chi connectivity index (χ4n) is 2.17. The van der Waals surface area contributed by atoms with Crippen LogP contribution in [-0.2, 0) is 6.61 Å². The van der Waals surface area contributed by atoms with Gasteiger partial charge in [0.05, 0.1) is 7.11 Å². The molecule has 0 spiro atoms. The molecule has 0 atom stereocenters. The van der Waals surface area contributed by atoms with Crippen molar-refractivity contribution < 1.29 is 9.47 Å². The van der Waals surface area contributed by atoms with E-state index in [2.05, 4.69) is 24.3 Å². The van der Waals surface area contributed by atoms with Crippen molar-refractivity contribution in [3.8, 4) is 11.5 Å². The number of ether oxygens (including phenoxy) is 2. The van der Waals surface area contributed by atoms with Gasteiger partial charge in [0, 0.05) is 0 Å². The molecule has 0 heterocycles. The molecule has 0 aliphatic carbocycles. The van der Waals surface area contributed by atoms with Crippen LogP contribution >= 0.6 is 0 Å². The van der Waals surface area contributed by atoms with Crippen molar-refractivity contribution in [1.82, 2.24) is 0 Å². The lowest BCUT2D eigenvalue weighted by Crippen LogP contribution is -1.95. The summed E-state index contributed by atoms with van der Waals surface area (Å²) in [5.41, 5.74) is 1.16. The Balaban J connectivity index is 1.79. The van der Waals surface area contributed by atoms with Crippen molar-refractivity contribution in [2.24, 2.45) is 0 Å². The second kappa shape index (κ2) is 5.66. The normalized spacial score (nSPS) is 10.4. The monoisotopic (exact) mass is 264 g/mol. The first-order valence-electron chi connectivity index (χ1n) is 6.60. The average Bonchev–Trinajstić information content (AvgIpc) is 2.53. The van der Waals surface area contributed by atoms with Crippen LogP contribution in [0.1, 0.15) is 5.56 Å². The van der Waals surface area contributed by atoms with Crippen LogP contribution in [0, 0.1) is 0 Å². The summed E-state index contributed by atoms with van der Waals surface area (Å²) in [4.78, 5) is 0. The van der Waals surface area contributed by atoms with Crippen LogP contribution in [0.4, 0.5) is 0 Å². The molecule has 0 bridgehead atoms. The molecule has 0 unspecified atom stereocenters. The summed E-state index contributed by atoms with van der Waals surface area (Å²) in [5, 5.41) is 2.37. The molecule has 0 saturated heterocycles. The second-order valence-corrected chi connectivity index (χ2v) is 4.65. The van der Waals surface area contributed by atoms with E-state index in [1.54, 1.807) is 7.11 Å². The summed E-state index contributed by atoms with van der Waals surface area (Å²) in [6.45, 7) is 0.575. The van der Waals surface area contributed by atoms with Crippen molar-refractivity contribution in [3.05, 3.63) is 72.3 Å². The maximum atomic E-state index is 5.76. The Labute approximate surface area is 118 Å². The highest BCUT2D eigenvalue weighted by molar-refractivity contribution is 5.84. The van der Waals surface area contributed by atoms with E-state index >= 15 is 0 Å². The van der Waals surface area contributed by atoms with Gasteiger partial charge in [-0.3, -0.25) is 0 Å². The number of hydrogen-bond donors (Lipinski definition) is 0. The molecule has 0 saturated carbocycles. The van der Waals surface area contributed by atoms with Crippen LogP contribution in [-0.4, -0.2) is 7.11 Å². The number of hydrogen-bond acceptors (Lipinski definition) is 2. The van der Waals surface area contributed by atoms with E-state index in [-0.39, 0.29) is 0 Å². The SMILES string of the molecule is COc1ccc2cc(COc3ccccc3)ccc2c1. The van der Waals surface area contributed by atoms with Crippen molar-refractivity contribution in [2.75, 3.05) is 7.11 Å². The average molecular weight is 264 g/mol. The van der Waals surface area contributed by atoms with Gasteiger partial charge in [-0.2, -0.15) is 0 Å². The van der Waals surface area contributed by atoms with Gasteiger partial charge in [-0.05, 0) is 46.7 Å². The minimum absolute atomic E-state index is 0.575. The molecule has 0 aliphatic rings. The molecule has 0 N–H and O–H groups in total. The largest absolute Gasteiger partial charge is 0.497 e. The first kappa shape index (κ1) is 12.5. The molecule has 0 radical (unpaired) electrons. The molecule has 0 aliphatic heterocycles. The molecule has 0 aromatic heterocycles. The van der Waals surface area contributed by atoms with Crippen LogP contribution < -0.4 is 9.47 Å². The highest BCUT2D eigenvalue weighted by Gasteiger charge is 2.00. The lowest BCUT2D eigenvalue weighted by molar-refractivity contribution is 0.306. The van der Waals surface area contributed by atoms with Crippen molar-refractivity contribution in [2.45, 2.75) is 6.61 Å². The molecule has 2 heteroatoms. The van der Waals surface area contributed by atoms with Gasteiger partial charge in [0.25, 0.3) is 0 Å². The zero-order valence-corrected chi connectivity index (χ0v) is 11.4. The molecule has 0 amide bonds. The lowest BCUT2D eigenvalue weighted by atomic mass is 10.1. The molecule has 0 fully saturated rings. The van der Waals surface area contributed by atoms with E-state index in [0.29, 0.717) is 6.61 Å². The lowest BCUT2D eigenvalue weighted by Gasteiger charge is -2.08. The first-order valence-corrected chi connectivity index (χ1v) is 6.60. The fraction of sp³-hybridized carbons (Fsp3) is 0.111. The van der Waals surface area contributed by atoms with E-state index in [1.165, 1.54) is 10.8 Å². The van der Waals surface area contributed by atoms with Crippen LogP contribution in [0.5, 0.6) is 11.5 Å². The maximum Gasteiger partial charge on any atom is 0.119 e. The Morgan fingerprint density at radius 1 is 0.750 bits per heavy atom. The summed E-state index contributed by atoms with van der Waals surface area (Å²) < 4.78 is 11.0. The Kier molecular flexibility index (Phi) is 3.55. The molecule has 3 rings (SSSR count). The standard InChI is InChI=1S/C18H16O2/c1-19-18-10-9-15-11-14(7-8-16(15)12-18)13-20-17-5-3-2-4-6-17/h2-12H,13H2,1H3. The van der Waals surface area contributed by atoms with E-state index in [1.807, 2.05) is 42.5 Å². The number of para-hydroxylation sites is 1.